The Bertz CT molecular complexity index is 438. The summed E-state index contributed by atoms with van der Waals surface area (Å²) in [7, 11) is 0. The third-order valence-corrected chi connectivity index (χ3v) is 5.18. The number of para-hydroxylation sites is 1. The van der Waals surface area contributed by atoms with E-state index in [1.54, 1.807) is 0 Å². The number of fused-ring (bicyclic) bond motifs is 1. The van der Waals surface area contributed by atoms with Gasteiger partial charge in [0.2, 0.25) is 0 Å². The highest BCUT2D eigenvalue weighted by atomic mass is 79.9. The van der Waals surface area contributed by atoms with Crippen molar-refractivity contribution in [3.8, 4) is 0 Å². The lowest BCUT2D eigenvalue weighted by molar-refractivity contribution is 0.285. The van der Waals surface area contributed by atoms with E-state index in [9.17, 15) is 0 Å². The van der Waals surface area contributed by atoms with Crippen LogP contribution in [0.25, 0.3) is 0 Å². The monoisotopic (exact) mass is 308 g/mol. The minimum atomic E-state index is 0.351. The molecule has 0 atom stereocenters. The van der Waals surface area contributed by atoms with Crippen LogP contribution in [0.1, 0.15) is 39.0 Å². The summed E-state index contributed by atoms with van der Waals surface area (Å²) in [5, 5.41) is 3.66. The number of likely N-dealkylation sites (N-methyl/N-ethyl adjacent to an activating group) is 1. The molecule has 1 aliphatic carbocycles. The molecule has 2 nitrogen and oxygen atoms in total. The molecular weight excluding hydrogens is 288 g/mol. The van der Waals surface area contributed by atoms with Crippen LogP contribution < -0.4 is 10.2 Å². The summed E-state index contributed by atoms with van der Waals surface area (Å²) < 4.78 is 1.22. The van der Waals surface area contributed by atoms with Crippen LogP contribution in [0.5, 0.6) is 0 Å². The molecule has 1 aliphatic heterocycles. The number of hydrogen-bond donors (Lipinski definition) is 1. The lowest BCUT2D eigenvalue weighted by Crippen LogP contribution is -2.57. The number of halogens is 1. The first-order valence-corrected chi connectivity index (χ1v) is 7.86. The van der Waals surface area contributed by atoms with E-state index >= 15 is 0 Å². The van der Waals surface area contributed by atoms with Crippen LogP contribution in [0, 0.1) is 0 Å². The van der Waals surface area contributed by atoms with Gasteiger partial charge in [0, 0.05) is 17.6 Å². The molecule has 0 amide bonds. The third-order valence-electron chi connectivity index (χ3n) is 4.54. The Morgan fingerprint density at radius 1 is 1.28 bits per heavy atom. The van der Waals surface area contributed by atoms with Crippen LogP contribution in [0.2, 0.25) is 0 Å². The fraction of sp³-hybridized carbons (Fsp3) is 0.600. The molecule has 1 heterocycles. The molecule has 1 spiro atoms. The molecule has 2 aliphatic rings. The van der Waals surface area contributed by atoms with E-state index in [4.69, 9.17) is 0 Å². The van der Waals surface area contributed by atoms with Gasteiger partial charge in [-0.15, -0.1) is 0 Å². The lowest BCUT2D eigenvalue weighted by atomic mass is 9.78. The van der Waals surface area contributed by atoms with Crippen molar-refractivity contribution in [2.75, 3.05) is 23.3 Å². The van der Waals surface area contributed by atoms with Gasteiger partial charge >= 0.3 is 0 Å². The highest BCUT2D eigenvalue weighted by Gasteiger charge is 2.41. The molecule has 3 rings (SSSR count). The number of rotatable bonds is 1. The van der Waals surface area contributed by atoms with E-state index in [-0.39, 0.29) is 0 Å². The minimum Gasteiger partial charge on any atom is -0.381 e. The zero-order chi connectivity index (χ0) is 12.6. The number of nitrogens with one attached hydrogen (secondary N) is 1. The van der Waals surface area contributed by atoms with Crippen molar-refractivity contribution in [2.24, 2.45) is 0 Å². The molecule has 18 heavy (non-hydrogen) atoms. The predicted molar refractivity (Wildman–Crippen MR) is 81.5 cm³/mol. The normalized spacial score (nSPS) is 21.6. The molecule has 0 saturated heterocycles. The lowest BCUT2D eigenvalue weighted by Gasteiger charge is -2.51. The maximum Gasteiger partial charge on any atom is 0.0751 e. The minimum absolute atomic E-state index is 0.351. The molecule has 1 N–H and O–H groups in total. The van der Waals surface area contributed by atoms with Crippen LogP contribution in [0.4, 0.5) is 11.4 Å². The van der Waals surface area contributed by atoms with Gasteiger partial charge in [0.15, 0.2) is 0 Å². The molecule has 98 valence electrons. The molecule has 1 aromatic rings. The first kappa shape index (κ1) is 12.3. The van der Waals surface area contributed by atoms with E-state index in [0.29, 0.717) is 5.54 Å². The van der Waals surface area contributed by atoms with E-state index in [1.807, 2.05) is 0 Å². The van der Waals surface area contributed by atoms with Crippen LogP contribution in [-0.4, -0.2) is 18.6 Å². The molecule has 3 heteroatoms. The Morgan fingerprint density at radius 2 is 2.06 bits per heavy atom. The topological polar surface area (TPSA) is 15.3 Å². The fourth-order valence-electron chi connectivity index (χ4n) is 3.67. The Kier molecular flexibility index (Phi) is 3.27. The van der Waals surface area contributed by atoms with E-state index in [1.165, 1.54) is 48.0 Å². The molecule has 1 saturated carbocycles. The smallest absolute Gasteiger partial charge is 0.0751 e. The second-order valence-electron chi connectivity index (χ2n) is 5.52. The second-order valence-corrected chi connectivity index (χ2v) is 6.37. The van der Waals surface area contributed by atoms with Crippen molar-refractivity contribution in [1.82, 2.24) is 0 Å². The van der Waals surface area contributed by atoms with Crippen LogP contribution in [0.3, 0.4) is 0 Å². The number of nitrogens with zero attached hydrogens (tertiary/aromatic N) is 1. The number of hydrogen-bond acceptors (Lipinski definition) is 2. The van der Waals surface area contributed by atoms with Gasteiger partial charge in [0.25, 0.3) is 0 Å². The number of benzene rings is 1. The first-order chi connectivity index (χ1) is 8.77. The second kappa shape index (κ2) is 4.76. The molecule has 0 unspecified atom stereocenters. The van der Waals surface area contributed by atoms with Crippen LogP contribution >= 0.6 is 15.9 Å². The zero-order valence-electron chi connectivity index (χ0n) is 11.0. The third kappa shape index (κ3) is 1.83. The van der Waals surface area contributed by atoms with Crippen molar-refractivity contribution < 1.29 is 0 Å². The summed E-state index contributed by atoms with van der Waals surface area (Å²) in [5.74, 6) is 0. The van der Waals surface area contributed by atoms with Crippen molar-refractivity contribution in [3.63, 3.8) is 0 Å². The molecule has 0 radical (unpaired) electrons. The summed E-state index contributed by atoms with van der Waals surface area (Å²) in [4.78, 5) is 2.64. The summed E-state index contributed by atoms with van der Waals surface area (Å²) in [6.07, 6.45) is 6.81. The van der Waals surface area contributed by atoms with Gasteiger partial charge in [-0.05, 0) is 47.8 Å². The summed E-state index contributed by atoms with van der Waals surface area (Å²) in [5.41, 5.74) is 3.00. The van der Waals surface area contributed by atoms with Crippen molar-refractivity contribution in [1.29, 1.82) is 0 Å². The van der Waals surface area contributed by atoms with Gasteiger partial charge in [-0.2, -0.15) is 0 Å². The van der Waals surface area contributed by atoms with Gasteiger partial charge in [0.05, 0.1) is 16.9 Å². The van der Waals surface area contributed by atoms with Gasteiger partial charge in [-0.25, -0.2) is 0 Å². The quantitative estimate of drug-likeness (QED) is 0.827. The highest BCUT2D eigenvalue weighted by Crippen LogP contribution is 2.46. The van der Waals surface area contributed by atoms with Crippen molar-refractivity contribution in [2.45, 2.75) is 44.6 Å². The largest absolute Gasteiger partial charge is 0.381 e. The predicted octanol–water partition coefficient (Wildman–Crippen LogP) is 4.40. The maximum absolute atomic E-state index is 3.73. The molecule has 1 aromatic carbocycles. The van der Waals surface area contributed by atoms with Crippen LogP contribution in [-0.2, 0) is 0 Å². The summed E-state index contributed by atoms with van der Waals surface area (Å²) in [6, 6.07) is 6.46. The molecular formula is C15H21BrN2. The van der Waals surface area contributed by atoms with Crippen molar-refractivity contribution in [3.05, 3.63) is 22.7 Å². The van der Waals surface area contributed by atoms with E-state index < -0.39 is 0 Å². The Balaban J connectivity index is 2.04. The summed E-state index contributed by atoms with van der Waals surface area (Å²) >= 11 is 3.73. The first-order valence-electron chi connectivity index (χ1n) is 7.07. The Morgan fingerprint density at radius 3 is 2.78 bits per heavy atom. The Hall–Kier alpha value is -0.700. The number of anilines is 2. The molecule has 0 bridgehead atoms. The highest BCUT2D eigenvalue weighted by molar-refractivity contribution is 9.10. The van der Waals surface area contributed by atoms with E-state index in [2.05, 4.69) is 51.3 Å². The zero-order valence-corrected chi connectivity index (χ0v) is 12.6. The van der Waals surface area contributed by atoms with Crippen molar-refractivity contribution >= 4 is 27.3 Å². The average molecular weight is 309 g/mol. The average Bonchev–Trinajstić information content (AvgIpc) is 2.41. The molecule has 1 fully saturated rings. The molecule has 0 aromatic heterocycles. The van der Waals surface area contributed by atoms with E-state index in [0.717, 1.165) is 13.1 Å². The maximum atomic E-state index is 3.73. The van der Waals surface area contributed by atoms with Gasteiger partial charge in [-0.3, -0.25) is 0 Å². The van der Waals surface area contributed by atoms with Crippen LogP contribution in [0.15, 0.2) is 22.7 Å². The Labute approximate surface area is 118 Å². The van der Waals surface area contributed by atoms with Gasteiger partial charge in [0.1, 0.15) is 0 Å². The van der Waals surface area contributed by atoms with Gasteiger partial charge < -0.3 is 10.2 Å². The summed E-state index contributed by atoms with van der Waals surface area (Å²) in [6.45, 7) is 4.48. The SMILES string of the molecule is CCN1c2c(Br)cccc2NCC12CCCCC2. The standard InChI is InChI=1S/C15H21BrN2/c1-2-18-14-12(16)7-6-8-13(14)17-11-15(18)9-4-3-5-10-15/h6-8,17H,2-5,9-11H2,1H3. The van der Waals surface area contributed by atoms with Gasteiger partial charge in [-0.1, -0.05) is 25.3 Å². The fourth-order valence-corrected chi connectivity index (χ4v) is 4.26.